The van der Waals surface area contributed by atoms with E-state index >= 15 is 0 Å². The first-order valence-electron chi connectivity index (χ1n) is 27.9. The van der Waals surface area contributed by atoms with Crippen LogP contribution in [0.4, 0.5) is 0 Å². The Morgan fingerprint density at radius 3 is 0.807 bits per heavy atom. The standard InChI is InChI=1S/C22H15BrN2.C21H14BrN3.2C16H11BrN2/c23-19-13-11-18(12-14-19)22-24-20(16-7-3-1-4-8-16)15-21(25-22)17-9-5-2-6-10-17;22-18-13-11-17(12-14-18)21-24-19(15-7-3-1-4-8-15)23-20(25-21)16-9-5-2-6-10-16;17-14-11-18-16(13-9-5-2-6-10-13)19-15(14)12-7-3-1-4-8-12;17-15-11-14(12-7-3-1-4-8-12)18-16(19-15)13-9-5-2-6-10-13/h1-15H;1-14H;2*1-11H. The van der Waals surface area contributed by atoms with E-state index in [9.17, 15) is 0 Å². The second-order valence-corrected chi connectivity index (χ2v) is 23.0. The highest BCUT2D eigenvalue weighted by atomic mass is 79.9. The van der Waals surface area contributed by atoms with Crippen LogP contribution in [-0.2, 0) is 0 Å². The van der Waals surface area contributed by atoms with Crippen LogP contribution < -0.4 is 0 Å². The van der Waals surface area contributed by atoms with Crippen molar-refractivity contribution in [3.05, 3.63) is 328 Å². The van der Waals surface area contributed by atoms with Crippen LogP contribution in [0.15, 0.2) is 328 Å². The maximum absolute atomic E-state index is 4.80. The van der Waals surface area contributed by atoms with Gasteiger partial charge >= 0.3 is 0 Å². The van der Waals surface area contributed by atoms with Gasteiger partial charge in [-0.2, -0.15) is 0 Å². The Morgan fingerprint density at radius 2 is 0.466 bits per heavy atom. The van der Waals surface area contributed by atoms with E-state index in [0.717, 1.165) is 114 Å². The second-order valence-electron chi connectivity index (χ2n) is 19.5. The Bertz CT molecular complexity index is 4150. The lowest BCUT2D eigenvalue weighted by Gasteiger charge is -2.09. The van der Waals surface area contributed by atoms with E-state index in [1.807, 2.05) is 279 Å². The van der Waals surface area contributed by atoms with Crippen LogP contribution in [0.5, 0.6) is 0 Å². The summed E-state index contributed by atoms with van der Waals surface area (Å²) in [5.74, 6) is 4.21. The topological polar surface area (TPSA) is 116 Å². The molecule has 0 bridgehead atoms. The fourth-order valence-electron chi connectivity index (χ4n) is 9.01. The summed E-state index contributed by atoms with van der Waals surface area (Å²) in [6.07, 6.45) is 1.80. The monoisotopic (exact) mass is 1390 g/mol. The van der Waals surface area contributed by atoms with Gasteiger partial charge < -0.3 is 0 Å². The molecule has 0 atom stereocenters. The number of aromatic nitrogens is 9. The summed E-state index contributed by atoms with van der Waals surface area (Å²) in [5.41, 5.74) is 13.9. The van der Waals surface area contributed by atoms with Gasteiger partial charge in [-0.05, 0) is 68.3 Å². The third-order valence-corrected chi connectivity index (χ3v) is 15.4. The minimum atomic E-state index is 0.667. The summed E-state index contributed by atoms with van der Waals surface area (Å²) in [7, 11) is 0. The maximum atomic E-state index is 4.80. The van der Waals surface area contributed by atoms with E-state index in [2.05, 4.69) is 113 Å². The van der Waals surface area contributed by atoms with E-state index in [4.69, 9.17) is 19.9 Å². The van der Waals surface area contributed by atoms with E-state index in [1.54, 1.807) is 6.20 Å². The number of rotatable bonds is 10. The van der Waals surface area contributed by atoms with Gasteiger partial charge in [0.1, 0.15) is 4.60 Å². The minimum Gasteiger partial charge on any atom is -0.235 e. The molecule has 0 aliphatic rings. The molecule has 13 heteroatoms. The van der Waals surface area contributed by atoms with Crippen LogP contribution >= 0.6 is 63.7 Å². The molecule has 0 aliphatic heterocycles. The number of halogens is 4. The van der Waals surface area contributed by atoms with Crippen molar-refractivity contribution in [2.24, 2.45) is 0 Å². The lowest BCUT2D eigenvalue weighted by Crippen LogP contribution is -1.99. The van der Waals surface area contributed by atoms with Crippen molar-refractivity contribution >= 4 is 63.7 Å². The molecule has 10 aromatic carbocycles. The van der Waals surface area contributed by atoms with Crippen molar-refractivity contribution < 1.29 is 0 Å². The molecule has 0 N–H and O–H groups in total. The van der Waals surface area contributed by atoms with Gasteiger partial charge in [0.2, 0.25) is 0 Å². The number of nitrogens with zero attached hydrogens (tertiary/aromatic N) is 9. The predicted molar refractivity (Wildman–Crippen MR) is 371 cm³/mol. The highest BCUT2D eigenvalue weighted by Gasteiger charge is 2.14. The minimum absolute atomic E-state index is 0.667. The number of hydrogen-bond acceptors (Lipinski definition) is 9. The molecule has 0 spiro atoms. The second kappa shape index (κ2) is 30.1. The Morgan fingerprint density at radius 1 is 0.205 bits per heavy atom. The average molecular weight is 1400 g/mol. The Balaban J connectivity index is 0.000000122. The molecule has 0 unspecified atom stereocenters. The molecule has 14 rings (SSSR count). The van der Waals surface area contributed by atoms with Crippen LogP contribution in [0.2, 0.25) is 0 Å². The Kier molecular flexibility index (Phi) is 20.6. The molecular formula is C75H51Br4N9. The molecule has 0 radical (unpaired) electrons. The van der Waals surface area contributed by atoms with Crippen molar-refractivity contribution in [3.63, 3.8) is 0 Å². The van der Waals surface area contributed by atoms with Gasteiger partial charge in [0.25, 0.3) is 0 Å². The van der Waals surface area contributed by atoms with Crippen LogP contribution in [0, 0.1) is 0 Å². The largest absolute Gasteiger partial charge is 0.235 e. The average Bonchev–Trinajstić information content (AvgIpc) is 3.75. The Hall–Kier alpha value is -9.63. The van der Waals surface area contributed by atoms with Gasteiger partial charge in [-0.25, -0.2) is 44.9 Å². The lowest BCUT2D eigenvalue weighted by atomic mass is 10.1. The van der Waals surface area contributed by atoms with Crippen molar-refractivity contribution in [2.45, 2.75) is 0 Å². The molecule has 88 heavy (non-hydrogen) atoms. The molecule has 0 fully saturated rings. The van der Waals surface area contributed by atoms with E-state index in [1.165, 1.54) is 0 Å². The Labute approximate surface area is 545 Å². The van der Waals surface area contributed by atoms with Crippen molar-refractivity contribution in [3.8, 4) is 113 Å². The van der Waals surface area contributed by atoms with Gasteiger partial charge in [-0.15, -0.1) is 0 Å². The summed E-state index contributed by atoms with van der Waals surface area (Å²) in [5, 5.41) is 0. The van der Waals surface area contributed by atoms with Crippen molar-refractivity contribution in [2.75, 3.05) is 0 Å². The molecule has 0 aliphatic carbocycles. The normalized spacial score (nSPS) is 10.5. The van der Waals surface area contributed by atoms with Gasteiger partial charge in [0.15, 0.2) is 34.9 Å². The van der Waals surface area contributed by atoms with Crippen molar-refractivity contribution in [1.29, 1.82) is 0 Å². The summed E-state index contributed by atoms with van der Waals surface area (Å²) in [6.45, 7) is 0. The summed E-state index contributed by atoms with van der Waals surface area (Å²) >= 11 is 13.9. The fraction of sp³-hybridized carbons (Fsp3) is 0. The maximum Gasteiger partial charge on any atom is 0.164 e. The zero-order valence-corrected chi connectivity index (χ0v) is 53.3. The zero-order chi connectivity index (χ0) is 60.3. The molecule has 9 nitrogen and oxygen atoms in total. The molecule has 4 heterocycles. The molecule has 0 saturated heterocycles. The summed E-state index contributed by atoms with van der Waals surface area (Å²) in [6, 6.07) is 101. The molecule has 424 valence electrons. The first-order valence-corrected chi connectivity index (χ1v) is 31.1. The highest BCUT2D eigenvalue weighted by molar-refractivity contribution is 9.11. The molecular weight excluding hydrogens is 1350 g/mol. The predicted octanol–water partition coefficient (Wildman–Crippen LogP) is 21.0. The molecule has 0 saturated carbocycles. The quantitative estimate of drug-likeness (QED) is 0.123. The van der Waals surface area contributed by atoms with Crippen LogP contribution in [0.25, 0.3) is 113 Å². The van der Waals surface area contributed by atoms with Crippen LogP contribution in [-0.4, -0.2) is 44.9 Å². The smallest absolute Gasteiger partial charge is 0.164 e. The van der Waals surface area contributed by atoms with Crippen LogP contribution in [0.3, 0.4) is 0 Å². The summed E-state index contributed by atoms with van der Waals surface area (Å²) in [4.78, 5) is 41.8. The third-order valence-electron chi connectivity index (χ3n) is 13.4. The first kappa shape index (κ1) is 60.1. The SMILES string of the molecule is Brc1cc(-c2ccccc2)nc(-c2ccccc2)n1.Brc1ccc(-c2nc(-c3ccccc3)cc(-c3ccccc3)n2)cc1.Brc1ccc(-c2nc(-c3ccccc3)nc(-c3ccccc3)n2)cc1.Brc1cnc(-c2ccccc2)nc1-c1ccccc1. The van der Waals surface area contributed by atoms with E-state index in [0.29, 0.717) is 17.5 Å². The van der Waals surface area contributed by atoms with Crippen molar-refractivity contribution in [1.82, 2.24) is 44.9 Å². The molecule has 0 amide bonds. The molecule has 4 aromatic heterocycles. The first-order chi connectivity index (χ1) is 43.3. The van der Waals surface area contributed by atoms with Gasteiger partial charge in [0, 0.05) is 70.8 Å². The van der Waals surface area contributed by atoms with Gasteiger partial charge in [-0.1, -0.05) is 299 Å². The van der Waals surface area contributed by atoms with Gasteiger partial charge in [-0.3, -0.25) is 0 Å². The van der Waals surface area contributed by atoms with E-state index in [-0.39, 0.29) is 0 Å². The van der Waals surface area contributed by atoms with E-state index < -0.39 is 0 Å². The van der Waals surface area contributed by atoms with Crippen LogP contribution in [0.1, 0.15) is 0 Å². The summed E-state index contributed by atoms with van der Waals surface area (Å²) < 4.78 is 3.76. The highest BCUT2D eigenvalue weighted by Crippen LogP contribution is 2.31. The number of hydrogen-bond donors (Lipinski definition) is 0. The zero-order valence-electron chi connectivity index (χ0n) is 47.0. The fourth-order valence-corrected chi connectivity index (χ4v) is 10.3. The lowest BCUT2D eigenvalue weighted by molar-refractivity contribution is 1.07. The molecule has 14 aromatic rings. The third kappa shape index (κ3) is 16.3. The van der Waals surface area contributed by atoms with Gasteiger partial charge in [0.05, 0.1) is 27.2 Å². The number of benzene rings is 10.